The highest BCUT2D eigenvalue weighted by Crippen LogP contribution is 2.34. The Morgan fingerprint density at radius 3 is 2.48 bits per heavy atom. The van der Waals surface area contributed by atoms with E-state index in [9.17, 15) is 4.79 Å². The van der Waals surface area contributed by atoms with Crippen LogP contribution >= 0.6 is 11.3 Å². The molecule has 0 fully saturated rings. The fourth-order valence-corrected chi connectivity index (χ4v) is 3.29. The second kappa shape index (κ2) is 5.58. The second-order valence-electron chi connectivity index (χ2n) is 4.51. The number of ketones is 1. The minimum absolute atomic E-state index is 0.0567. The van der Waals surface area contributed by atoms with Crippen molar-refractivity contribution in [2.45, 2.75) is 0 Å². The minimum Gasteiger partial charge on any atom is -0.493 e. The third kappa shape index (κ3) is 2.28. The van der Waals surface area contributed by atoms with Crippen LogP contribution in [0.3, 0.4) is 0 Å². The Labute approximate surface area is 126 Å². The molecule has 3 nitrogen and oxygen atoms in total. The van der Waals surface area contributed by atoms with E-state index < -0.39 is 0 Å². The fourth-order valence-electron chi connectivity index (χ4n) is 2.38. The van der Waals surface area contributed by atoms with Crippen LogP contribution in [0.1, 0.15) is 15.9 Å². The van der Waals surface area contributed by atoms with Gasteiger partial charge in [0.1, 0.15) is 0 Å². The molecule has 0 radical (unpaired) electrons. The Bertz CT molecular complexity index is 805. The highest BCUT2D eigenvalue weighted by atomic mass is 32.1. The number of benzene rings is 2. The quantitative estimate of drug-likeness (QED) is 0.679. The molecule has 21 heavy (non-hydrogen) atoms. The van der Waals surface area contributed by atoms with Crippen molar-refractivity contribution < 1.29 is 14.3 Å². The molecule has 3 aromatic rings. The molecule has 4 heteroatoms. The number of carbonyl (C=O) groups is 1. The van der Waals surface area contributed by atoms with E-state index in [-0.39, 0.29) is 5.78 Å². The standard InChI is InChI=1S/C17H14O3S/c1-19-14-8-4-6-12(16(14)20-2)15(18)13-7-3-5-11-9-10-21-17(11)13/h3-10H,1-2H3. The van der Waals surface area contributed by atoms with Crippen molar-refractivity contribution in [2.75, 3.05) is 14.2 Å². The maximum absolute atomic E-state index is 12.9. The Hall–Kier alpha value is -2.33. The zero-order valence-corrected chi connectivity index (χ0v) is 12.6. The zero-order valence-electron chi connectivity index (χ0n) is 11.8. The number of thiophene rings is 1. The normalized spacial score (nSPS) is 10.6. The first-order valence-corrected chi connectivity index (χ1v) is 7.36. The molecule has 0 spiro atoms. The molecule has 0 aliphatic rings. The van der Waals surface area contributed by atoms with E-state index in [2.05, 4.69) is 0 Å². The summed E-state index contributed by atoms with van der Waals surface area (Å²) in [6, 6.07) is 13.1. The summed E-state index contributed by atoms with van der Waals surface area (Å²) in [6.07, 6.45) is 0. The lowest BCUT2D eigenvalue weighted by Crippen LogP contribution is -2.05. The van der Waals surface area contributed by atoms with Crippen LogP contribution in [0.25, 0.3) is 10.1 Å². The summed E-state index contributed by atoms with van der Waals surface area (Å²) in [4.78, 5) is 12.9. The van der Waals surface area contributed by atoms with Gasteiger partial charge in [0.2, 0.25) is 0 Å². The number of rotatable bonds is 4. The molecule has 0 saturated heterocycles. The molecule has 0 aliphatic carbocycles. The van der Waals surface area contributed by atoms with E-state index >= 15 is 0 Å². The first kappa shape index (κ1) is 13.6. The van der Waals surface area contributed by atoms with E-state index in [1.54, 1.807) is 43.8 Å². The zero-order chi connectivity index (χ0) is 14.8. The molecule has 0 atom stereocenters. The predicted octanol–water partition coefficient (Wildman–Crippen LogP) is 4.15. The smallest absolute Gasteiger partial charge is 0.198 e. The Morgan fingerprint density at radius 2 is 1.71 bits per heavy atom. The number of fused-ring (bicyclic) bond motifs is 1. The van der Waals surface area contributed by atoms with Crippen molar-refractivity contribution in [2.24, 2.45) is 0 Å². The maximum Gasteiger partial charge on any atom is 0.198 e. The van der Waals surface area contributed by atoms with Crippen molar-refractivity contribution in [3.05, 3.63) is 59.0 Å². The average molecular weight is 298 g/mol. The molecular formula is C17H14O3S. The molecule has 0 bridgehead atoms. The van der Waals surface area contributed by atoms with E-state index in [0.29, 0.717) is 22.6 Å². The van der Waals surface area contributed by atoms with Gasteiger partial charge in [0.15, 0.2) is 17.3 Å². The fraction of sp³-hybridized carbons (Fsp3) is 0.118. The number of ether oxygens (including phenoxy) is 2. The second-order valence-corrected chi connectivity index (χ2v) is 5.43. The topological polar surface area (TPSA) is 35.5 Å². The molecule has 1 heterocycles. The van der Waals surface area contributed by atoms with Crippen molar-refractivity contribution >= 4 is 27.2 Å². The van der Waals surface area contributed by atoms with Crippen molar-refractivity contribution in [3.8, 4) is 11.5 Å². The monoisotopic (exact) mass is 298 g/mol. The Kier molecular flexibility index (Phi) is 3.62. The van der Waals surface area contributed by atoms with Crippen LogP contribution in [0.5, 0.6) is 11.5 Å². The molecule has 2 aromatic carbocycles. The van der Waals surface area contributed by atoms with E-state index in [1.165, 1.54) is 0 Å². The van der Waals surface area contributed by atoms with Crippen LogP contribution in [0.4, 0.5) is 0 Å². The molecule has 0 aliphatic heterocycles. The molecule has 3 rings (SSSR count). The van der Waals surface area contributed by atoms with E-state index in [4.69, 9.17) is 9.47 Å². The largest absolute Gasteiger partial charge is 0.493 e. The number of carbonyl (C=O) groups excluding carboxylic acids is 1. The first-order chi connectivity index (χ1) is 10.3. The van der Waals surface area contributed by atoms with Gasteiger partial charge in [-0.05, 0) is 35.0 Å². The highest BCUT2D eigenvalue weighted by molar-refractivity contribution is 7.17. The third-order valence-electron chi connectivity index (χ3n) is 3.37. The van der Waals surface area contributed by atoms with Crippen molar-refractivity contribution in [3.63, 3.8) is 0 Å². The lowest BCUT2D eigenvalue weighted by atomic mass is 10.0. The summed E-state index contributed by atoms with van der Waals surface area (Å²) in [5.41, 5.74) is 1.20. The summed E-state index contributed by atoms with van der Waals surface area (Å²) in [6.45, 7) is 0. The summed E-state index contributed by atoms with van der Waals surface area (Å²) in [5, 5.41) is 3.07. The van der Waals surface area contributed by atoms with Gasteiger partial charge in [0.25, 0.3) is 0 Å². The SMILES string of the molecule is COc1cccc(C(=O)c2cccc3ccsc23)c1OC. The van der Waals surface area contributed by atoms with Gasteiger partial charge in [0.05, 0.1) is 19.8 Å². The van der Waals surface area contributed by atoms with Gasteiger partial charge < -0.3 is 9.47 Å². The lowest BCUT2D eigenvalue weighted by molar-refractivity contribution is 0.103. The van der Waals surface area contributed by atoms with Crippen molar-refractivity contribution in [1.29, 1.82) is 0 Å². The summed E-state index contributed by atoms with van der Waals surface area (Å²) in [5.74, 6) is 0.971. The van der Waals surface area contributed by atoms with Gasteiger partial charge in [-0.15, -0.1) is 11.3 Å². The number of hydrogen-bond acceptors (Lipinski definition) is 4. The van der Waals surface area contributed by atoms with Crippen LogP contribution < -0.4 is 9.47 Å². The summed E-state index contributed by atoms with van der Waals surface area (Å²) >= 11 is 1.57. The van der Waals surface area contributed by atoms with Crippen LogP contribution in [0.2, 0.25) is 0 Å². The first-order valence-electron chi connectivity index (χ1n) is 6.48. The van der Waals surface area contributed by atoms with Gasteiger partial charge in [-0.2, -0.15) is 0 Å². The van der Waals surface area contributed by atoms with Gasteiger partial charge in [0, 0.05) is 10.3 Å². The molecule has 0 saturated carbocycles. The molecule has 106 valence electrons. The highest BCUT2D eigenvalue weighted by Gasteiger charge is 2.19. The van der Waals surface area contributed by atoms with Crippen molar-refractivity contribution in [1.82, 2.24) is 0 Å². The van der Waals surface area contributed by atoms with Crippen LogP contribution in [0.15, 0.2) is 47.8 Å². The lowest BCUT2D eigenvalue weighted by Gasteiger charge is -2.12. The van der Waals surface area contributed by atoms with E-state index in [1.807, 2.05) is 29.6 Å². The van der Waals surface area contributed by atoms with Crippen LogP contribution in [0, 0.1) is 0 Å². The molecule has 0 unspecified atom stereocenters. The summed E-state index contributed by atoms with van der Waals surface area (Å²) in [7, 11) is 3.10. The maximum atomic E-state index is 12.9. The molecule has 1 aromatic heterocycles. The Balaban J connectivity index is 2.17. The minimum atomic E-state index is -0.0567. The van der Waals surface area contributed by atoms with E-state index in [0.717, 1.165) is 10.1 Å². The van der Waals surface area contributed by atoms with Gasteiger partial charge in [-0.3, -0.25) is 4.79 Å². The Morgan fingerprint density at radius 1 is 0.952 bits per heavy atom. The van der Waals surface area contributed by atoms with Gasteiger partial charge in [-0.25, -0.2) is 0 Å². The van der Waals surface area contributed by atoms with Gasteiger partial charge in [-0.1, -0.05) is 18.2 Å². The van der Waals surface area contributed by atoms with Gasteiger partial charge >= 0.3 is 0 Å². The van der Waals surface area contributed by atoms with Crippen LogP contribution in [-0.4, -0.2) is 20.0 Å². The average Bonchev–Trinajstić information content (AvgIpc) is 3.01. The molecule has 0 N–H and O–H groups in total. The number of methoxy groups -OCH3 is 2. The third-order valence-corrected chi connectivity index (χ3v) is 4.33. The number of hydrogen-bond donors (Lipinski definition) is 0. The van der Waals surface area contributed by atoms with Crippen LogP contribution in [-0.2, 0) is 0 Å². The predicted molar refractivity (Wildman–Crippen MR) is 84.8 cm³/mol. The summed E-state index contributed by atoms with van der Waals surface area (Å²) < 4.78 is 11.6. The number of para-hydroxylation sites is 1. The molecular weight excluding hydrogens is 284 g/mol. The molecule has 0 amide bonds.